The van der Waals surface area contributed by atoms with E-state index in [9.17, 15) is 13.2 Å². The number of likely N-dealkylation sites (N-methyl/N-ethyl adjacent to an activating group) is 1. The number of aromatic nitrogens is 2. The molecule has 0 atom stereocenters. The van der Waals surface area contributed by atoms with E-state index in [1.165, 1.54) is 0 Å². The maximum atomic E-state index is 13.3. The van der Waals surface area contributed by atoms with Crippen LogP contribution in [0.2, 0.25) is 0 Å². The lowest BCUT2D eigenvalue weighted by molar-refractivity contribution is -0.131. The number of nitrogens with zero attached hydrogens (tertiary/aromatic N) is 3. The van der Waals surface area contributed by atoms with Crippen molar-refractivity contribution in [2.45, 2.75) is 44.2 Å². The van der Waals surface area contributed by atoms with Gasteiger partial charge < -0.3 is 19.7 Å². The molecule has 12 heteroatoms. The number of methoxy groups -OCH3 is 1. The van der Waals surface area contributed by atoms with Crippen LogP contribution >= 0.6 is 12.4 Å². The smallest absolute Gasteiger partial charge is 0.238 e. The highest BCUT2D eigenvalue weighted by Gasteiger charge is 2.58. The Morgan fingerprint density at radius 2 is 1.90 bits per heavy atom. The number of benzene rings is 1. The molecule has 5 rings (SSSR count). The molecule has 2 aromatic heterocycles. The fourth-order valence-corrected chi connectivity index (χ4v) is 5.96. The molecule has 3 heterocycles. The number of rotatable bonds is 9. The number of sulfonamides is 1. The summed E-state index contributed by atoms with van der Waals surface area (Å²) in [5.41, 5.74) is 3.75. The minimum atomic E-state index is -3.57. The third-order valence-electron chi connectivity index (χ3n) is 7.26. The van der Waals surface area contributed by atoms with Gasteiger partial charge in [0.2, 0.25) is 21.8 Å². The van der Waals surface area contributed by atoms with E-state index in [2.05, 4.69) is 20.0 Å². The van der Waals surface area contributed by atoms with Crippen LogP contribution in [0.25, 0.3) is 22.0 Å². The first-order valence-corrected chi connectivity index (χ1v) is 14.5. The predicted octanol–water partition coefficient (Wildman–Crippen LogP) is 3.49. The SMILES string of the molecule is COC1CC2(C1)C(=O)N(C)c1cnc3ccc(-c4cnc(OCCNC(C)C)c(NS(C)(=O)=O)c4)cc3c12.Cl. The van der Waals surface area contributed by atoms with Gasteiger partial charge in [-0.05, 0) is 36.6 Å². The lowest BCUT2D eigenvalue weighted by Crippen LogP contribution is -2.51. The summed E-state index contributed by atoms with van der Waals surface area (Å²) in [4.78, 5) is 24.1. The first-order valence-electron chi connectivity index (χ1n) is 12.6. The van der Waals surface area contributed by atoms with Crippen molar-refractivity contribution in [3.8, 4) is 17.0 Å². The van der Waals surface area contributed by atoms with E-state index in [0.29, 0.717) is 37.6 Å². The van der Waals surface area contributed by atoms with Crippen molar-refractivity contribution < 1.29 is 22.7 Å². The summed E-state index contributed by atoms with van der Waals surface area (Å²) in [6.45, 7) is 5.01. The van der Waals surface area contributed by atoms with Gasteiger partial charge in [0.05, 0.1) is 35.2 Å². The highest BCUT2D eigenvalue weighted by atomic mass is 35.5. The van der Waals surface area contributed by atoms with Crippen LogP contribution in [0.3, 0.4) is 0 Å². The number of carbonyl (C=O) groups is 1. The maximum Gasteiger partial charge on any atom is 0.238 e. The number of carbonyl (C=O) groups excluding carboxylic acids is 1. The van der Waals surface area contributed by atoms with Gasteiger partial charge in [0.15, 0.2) is 0 Å². The van der Waals surface area contributed by atoms with Gasteiger partial charge in [-0.3, -0.25) is 14.5 Å². The number of anilines is 2. The number of pyridine rings is 2. The molecule has 210 valence electrons. The van der Waals surface area contributed by atoms with Gasteiger partial charge in [-0.15, -0.1) is 12.4 Å². The van der Waals surface area contributed by atoms with Crippen LogP contribution in [0.4, 0.5) is 11.4 Å². The summed E-state index contributed by atoms with van der Waals surface area (Å²) in [5, 5.41) is 4.15. The van der Waals surface area contributed by atoms with Crippen molar-refractivity contribution >= 4 is 50.6 Å². The van der Waals surface area contributed by atoms with Crippen molar-refractivity contribution in [1.29, 1.82) is 0 Å². The molecule has 10 nitrogen and oxygen atoms in total. The normalized spacial score (nSPS) is 20.2. The Kier molecular flexibility index (Phi) is 8.09. The average Bonchev–Trinajstić information content (AvgIpc) is 3.07. The van der Waals surface area contributed by atoms with Crippen LogP contribution in [0, 0.1) is 0 Å². The third kappa shape index (κ3) is 5.41. The standard InChI is InChI=1S/C27H33N5O5S.ClH/c1-16(2)28-8-9-37-25-22(31-38(5,34)35)11-18(14-30-25)17-6-7-21-20(10-17)24-23(15-29-21)32(3)26(33)27(24)12-19(13-27)36-4;/h6-7,10-11,14-16,19,28,31H,8-9,12-13H2,1-5H3;1H. The number of hydrogen-bond acceptors (Lipinski definition) is 8. The molecule has 3 aromatic rings. The Hall–Kier alpha value is -2.99. The second-order valence-corrected chi connectivity index (χ2v) is 12.1. The second kappa shape index (κ2) is 10.9. The van der Waals surface area contributed by atoms with Crippen LogP contribution in [0.5, 0.6) is 5.88 Å². The number of fused-ring (bicyclic) bond motifs is 4. The highest BCUT2D eigenvalue weighted by Crippen LogP contribution is 2.55. The predicted molar refractivity (Wildman–Crippen MR) is 154 cm³/mol. The molecule has 1 spiro atoms. The van der Waals surface area contributed by atoms with Gasteiger partial charge in [-0.25, -0.2) is 13.4 Å². The molecule has 0 saturated heterocycles. The third-order valence-corrected chi connectivity index (χ3v) is 7.85. The number of nitrogens with one attached hydrogen (secondary N) is 2. The summed E-state index contributed by atoms with van der Waals surface area (Å²) in [6.07, 6.45) is 5.82. The van der Waals surface area contributed by atoms with Crippen LogP contribution in [-0.2, 0) is 25.0 Å². The number of halogens is 1. The molecule has 1 amide bonds. The number of hydrogen-bond donors (Lipinski definition) is 2. The van der Waals surface area contributed by atoms with Crippen LogP contribution < -0.4 is 19.7 Å². The van der Waals surface area contributed by atoms with Gasteiger partial charge in [0.25, 0.3) is 0 Å². The molecular weight excluding hydrogens is 542 g/mol. The minimum absolute atomic E-state index is 0. The molecule has 0 unspecified atom stereocenters. The molecule has 0 bridgehead atoms. The molecule has 2 N–H and O–H groups in total. The topological polar surface area (TPSA) is 123 Å². The minimum Gasteiger partial charge on any atom is -0.475 e. The molecule has 0 radical (unpaired) electrons. The molecule has 1 aliphatic carbocycles. The number of ether oxygens (including phenoxy) is 2. The van der Waals surface area contributed by atoms with E-state index < -0.39 is 15.4 Å². The van der Waals surface area contributed by atoms with Gasteiger partial charge in [0.1, 0.15) is 12.3 Å². The molecule has 1 aromatic carbocycles. The molecular formula is C27H34ClN5O5S. The second-order valence-electron chi connectivity index (χ2n) is 10.4. The van der Waals surface area contributed by atoms with Crippen LogP contribution in [-0.4, -0.2) is 70.0 Å². The summed E-state index contributed by atoms with van der Waals surface area (Å²) < 4.78 is 38.0. The van der Waals surface area contributed by atoms with Crippen molar-refractivity contribution in [1.82, 2.24) is 15.3 Å². The summed E-state index contributed by atoms with van der Waals surface area (Å²) in [7, 11) is -0.105. The fourth-order valence-electron chi connectivity index (χ4n) is 5.41. The van der Waals surface area contributed by atoms with E-state index in [4.69, 9.17) is 9.47 Å². The van der Waals surface area contributed by atoms with Crippen molar-refractivity contribution in [2.75, 3.05) is 43.2 Å². The molecule has 1 aliphatic heterocycles. The lowest BCUT2D eigenvalue weighted by atomic mass is 9.62. The van der Waals surface area contributed by atoms with Crippen LogP contribution in [0.15, 0.2) is 36.7 Å². The molecule has 1 fully saturated rings. The van der Waals surface area contributed by atoms with Crippen molar-refractivity contribution in [3.05, 3.63) is 42.2 Å². The van der Waals surface area contributed by atoms with Gasteiger partial charge in [-0.2, -0.15) is 0 Å². The fraction of sp³-hybridized carbons (Fsp3) is 0.444. The monoisotopic (exact) mass is 575 g/mol. The lowest BCUT2D eigenvalue weighted by Gasteiger charge is -2.43. The van der Waals surface area contributed by atoms with Gasteiger partial charge in [0, 0.05) is 49.5 Å². The number of amides is 1. The first-order chi connectivity index (χ1) is 18.0. The molecule has 39 heavy (non-hydrogen) atoms. The average molecular weight is 576 g/mol. The van der Waals surface area contributed by atoms with Crippen molar-refractivity contribution in [3.63, 3.8) is 0 Å². The highest BCUT2D eigenvalue weighted by molar-refractivity contribution is 7.92. The Labute approximate surface area is 235 Å². The van der Waals surface area contributed by atoms with E-state index in [1.54, 1.807) is 37.5 Å². The maximum absolute atomic E-state index is 13.3. The van der Waals surface area contributed by atoms with Gasteiger partial charge in [-0.1, -0.05) is 19.9 Å². The van der Waals surface area contributed by atoms with E-state index in [0.717, 1.165) is 34.0 Å². The van der Waals surface area contributed by atoms with Crippen molar-refractivity contribution in [2.24, 2.45) is 0 Å². The quantitative estimate of drug-likeness (QED) is 0.372. The molecule has 1 saturated carbocycles. The van der Waals surface area contributed by atoms with Gasteiger partial charge >= 0.3 is 0 Å². The Balaban J connectivity index is 0.00000353. The van der Waals surface area contributed by atoms with Crippen LogP contribution in [0.1, 0.15) is 32.3 Å². The Morgan fingerprint density at radius 1 is 1.15 bits per heavy atom. The zero-order valence-corrected chi connectivity index (χ0v) is 24.3. The molecule has 2 aliphatic rings. The Morgan fingerprint density at radius 3 is 2.56 bits per heavy atom. The Bertz CT molecular complexity index is 1510. The summed E-state index contributed by atoms with van der Waals surface area (Å²) in [6, 6.07) is 7.86. The van der Waals surface area contributed by atoms with E-state index in [-0.39, 0.29) is 36.0 Å². The zero-order valence-electron chi connectivity index (χ0n) is 22.6. The summed E-state index contributed by atoms with van der Waals surface area (Å²) >= 11 is 0. The van der Waals surface area contributed by atoms with E-state index >= 15 is 0 Å². The zero-order chi connectivity index (χ0) is 27.2. The largest absolute Gasteiger partial charge is 0.475 e. The summed E-state index contributed by atoms with van der Waals surface area (Å²) in [5.74, 6) is 0.273. The van der Waals surface area contributed by atoms with E-state index in [1.807, 2.05) is 32.0 Å². The first kappa shape index (κ1) is 29.0.